The summed E-state index contributed by atoms with van der Waals surface area (Å²) < 4.78 is 25.9. The lowest BCUT2D eigenvalue weighted by Gasteiger charge is -2.03. The summed E-state index contributed by atoms with van der Waals surface area (Å²) in [6.07, 6.45) is 6.80. The fourth-order valence-corrected chi connectivity index (χ4v) is 2.16. The molecule has 0 radical (unpaired) electrons. The highest BCUT2D eigenvalue weighted by Gasteiger charge is 2.02. The molecule has 0 bridgehead atoms. The smallest absolute Gasteiger partial charge is 0.132 e. The number of carbonyl (C=O) groups excluding carboxylic acids is 1. The number of hydrogen-bond donors (Lipinski definition) is 0. The Morgan fingerprint density at radius 2 is 1.58 bits per heavy atom. The molecule has 0 heterocycles. The van der Waals surface area contributed by atoms with Crippen molar-refractivity contribution in [1.82, 2.24) is 0 Å². The van der Waals surface area contributed by atoms with Gasteiger partial charge in [-0.15, -0.1) is 0 Å². The molecule has 0 aliphatic heterocycles. The van der Waals surface area contributed by atoms with Crippen LogP contribution < -0.4 is 0 Å². The van der Waals surface area contributed by atoms with Crippen LogP contribution in [0.4, 0.5) is 8.78 Å². The molecule has 0 spiro atoms. The molecule has 0 saturated heterocycles. The average Bonchev–Trinajstić information content (AvgIpc) is 2.32. The quantitative estimate of drug-likeness (QED) is 0.586. The average molecular weight is 268 g/mol. The molecule has 0 amide bonds. The SMILES string of the molecule is CCCC(=O)CCCCCCc1cc(F)cc(F)c1. The number of hydrogen-bond acceptors (Lipinski definition) is 1. The van der Waals surface area contributed by atoms with Crippen LogP contribution >= 0.6 is 0 Å². The lowest BCUT2D eigenvalue weighted by molar-refractivity contribution is -0.119. The summed E-state index contributed by atoms with van der Waals surface area (Å²) >= 11 is 0. The Morgan fingerprint density at radius 3 is 2.21 bits per heavy atom. The molecule has 0 aromatic heterocycles. The molecule has 0 aliphatic rings. The number of Topliss-reactive ketones (excluding diaryl/α,β-unsaturated/α-hetero) is 1. The maximum Gasteiger partial charge on any atom is 0.132 e. The fourth-order valence-electron chi connectivity index (χ4n) is 2.16. The Hall–Kier alpha value is -1.25. The van der Waals surface area contributed by atoms with Gasteiger partial charge < -0.3 is 0 Å². The summed E-state index contributed by atoms with van der Waals surface area (Å²) in [6, 6.07) is 3.66. The van der Waals surface area contributed by atoms with Crippen molar-refractivity contribution in [2.75, 3.05) is 0 Å². The molecule has 1 nitrogen and oxygen atoms in total. The number of unbranched alkanes of at least 4 members (excludes halogenated alkanes) is 3. The van der Waals surface area contributed by atoms with E-state index in [1.54, 1.807) is 0 Å². The third-order valence-corrected chi connectivity index (χ3v) is 3.12. The standard InChI is InChI=1S/C16H22F2O/c1-2-7-16(19)9-6-4-3-5-8-13-10-14(17)12-15(18)11-13/h10-12H,2-9H2,1H3. The van der Waals surface area contributed by atoms with Gasteiger partial charge in [-0.05, 0) is 43.4 Å². The maximum absolute atomic E-state index is 12.9. The Kier molecular flexibility index (Phi) is 7.31. The van der Waals surface area contributed by atoms with Crippen LogP contribution in [0.5, 0.6) is 0 Å². The summed E-state index contributed by atoms with van der Waals surface area (Å²) in [6.45, 7) is 2.01. The highest BCUT2D eigenvalue weighted by molar-refractivity contribution is 5.78. The minimum Gasteiger partial charge on any atom is -0.300 e. The molecule has 0 atom stereocenters. The van der Waals surface area contributed by atoms with Gasteiger partial charge in [-0.2, -0.15) is 0 Å². The number of halogens is 2. The summed E-state index contributed by atoms with van der Waals surface area (Å²) in [5, 5.41) is 0. The van der Waals surface area contributed by atoms with E-state index in [0.29, 0.717) is 30.6 Å². The van der Waals surface area contributed by atoms with Crippen LogP contribution in [0.15, 0.2) is 18.2 Å². The molecule has 1 aromatic carbocycles. The van der Waals surface area contributed by atoms with Gasteiger partial charge in [0.2, 0.25) is 0 Å². The lowest BCUT2D eigenvalue weighted by Crippen LogP contribution is -1.96. The molecule has 1 aromatic rings. The van der Waals surface area contributed by atoms with Crippen LogP contribution in [-0.2, 0) is 11.2 Å². The molecule has 0 N–H and O–H groups in total. The Balaban J connectivity index is 2.12. The second-order valence-corrected chi connectivity index (χ2v) is 4.98. The van der Waals surface area contributed by atoms with Gasteiger partial charge in [0.1, 0.15) is 17.4 Å². The van der Waals surface area contributed by atoms with E-state index in [-0.39, 0.29) is 0 Å². The van der Waals surface area contributed by atoms with Crippen molar-refractivity contribution in [1.29, 1.82) is 0 Å². The number of benzene rings is 1. The summed E-state index contributed by atoms with van der Waals surface area (Å²) in [4.78, 5) is 11.3. The van der Waals surface area contributed by atoms with Gasteiger partial charge in [-0.1, -0.05) is 19.8 Å². The molecule has 0 saturated carbocycles. The van der Waals surface area contributed by atoms with E-state index in [1.165, 1.54) is 12.1 Å². The zero-order valence-electron chi connectivity index (χ0n) is 11.6. The highest BCUT2D eigenvalue weighted by Crippen LogP contribution is 2.13. The van der Waals surface area contributed by atoms with Gasteiger partial charge in [0.05, 0.1) is 0 Å². The largest absolute Gasteiger partial charge is 0.300 e. The molecular weight excluding hydrogens is 246 g/mol. The lowest BCUT2D eigenvalue weighted by atomic mass is 10.0. The summed E-state index contributed by atoms with van der Waals surface area (Å²) in [7, 11) is 0. The minimum absolute atomic E-state index is 0.342. The molecule has 3 heteroatoms. The molecular formula is C16H22F2O. The fraction of sp³-hybridized carbons (Fsp3) is 0.562. The van der Waals surface area contributed by atoms with Crippen LogP contribution in [0, 0.1) is 11.6 Å². The van der Waals surface area contributed by atoms with E-state index in [9.17, 15) is 13.6 Å². The zero-order chi connectivity index (χ0) is 14.1. The second-order valence-electron chi connectivity index (χ2n) is 4.98. The predicted molar refractivity (Wildman–Crippen MR) is 73.1 cm³/mol. The van der Waals surface area contributed by atoms with Gasteiger partial charge in [0.15, 0.2) is 0 Å². The van der Waals surface area contributed by atoms with E-state index >= 15 is 0 Å². The van der Waals surface area contributed by atoms with Crippen molar-refractivity contribution in [2.24, 2.45) is 0 Å². The first kappa shape index (κ1) is 15.8. The normalized spacial score (nSPS) is 10.7. The number of ketones is 1. The van der Waals surface area contributed by atoms with Crippen LogP contribution in [0.2, 0.25) is 0 Å². The van der Waals surface area contributed by atoms with E-state index in [0.717, 1.165) is 38.2 Å². The van der Waals surface area contributed by atoms with Crippen molar-refractivity contribution < 1.29 is 13.6 Å². The van der Waals surface area contributed by atoms with Crippen molar-refractivity contribution in [3.05, 3.63) is 35.4 Å². The zero-order valence-corrected chi connectivity index (χ0v) is 11.6. The maximum atomic E-state index is 12.9. The van der Waals surface area contributed by atoms with E-state index in [1.807, 2.05) is 6.92 Å². The first-order valence-corrected chi connectivity index (χ1v) is 7.08. The van der Waals surface area contributed by atoms with Gasteiger partial charge in [-0.25, -0.2) is 8.78 Å². The number of aryl methyl sites for hydroxylation is 1. The van der Waals surface area contributed by atoms with Crippen LogP contribution in [0.25, 0.3) is 0 Å². The molecule has 1 rings (SSSR count). The van der Waals surface area contributed by atoms with Crippen LogP contribution in [-0.4, -0.2) is 5.78 Å². The topological polar surface area (TPSA) is 17.1 Å². The Bertz CT molecular complexity index is 381. The Morgan fingerprint density at radius 1 is 0.947 bits per heavy atom. The predicted octanol–water partition coefficient (Wildman–Crippen LogP) is 4.83. The molecule has 0 fully saturated rings. The van der Waals surface area contributed by atoms with Gasteiger partial charge >= 0.3 is 0 Å². The molecule has 0 unspecified atom stereocenters. The van der Waals surface area contributed by atoms with Crippen molar-refractivity contribution >= 4 is 5.78 Å². The summed E-state index contributed by atoms with van der Waals surface area (Å²) in [5.41, 5.74) is 0.708. The number of carbonyl (C=O) groups is 1. The first-order chi connectivity index (χ1) is 9.11. The number of rotatable bonds is 9. The third kappa shape index (κ3) is 7.04. The van der Waals surface area contributed by atoms with Crippen molar-refractivity contribution in [3.8, 4) is 0 Å². The third-order valence-electron chi connectivity index (χ3n) is 3.12. The van der Waals surface area contributed by atoms with Gasteiger partial charge in [-0.3, -0.25) is 4.79 Å². The monoisotopic (exact) mass is 268 g/mol. The van der Waals surface area contributed by atoms with E-state index < -0.39 is 11.6 Å². The first-order valence-electron chi connectivity index (χ1n) is 7.08. The molecule has 0 aliphatic carbocycles. The second kappa shape index (κ2) is 8.78. The minimum atomic E-state index is -0.514. The molecule has 106 valence electrons. The van der Waals surface area contributed by atoms with E-state index in [4.69, 9.17) is 0 Å². The van der Waals surface area contributed by atoms with Gasteiger partial charge in [0, 0.05) is 18.9 Å². The summed E-state index contributed by atoms with van der Waals surface area (Å²) in [5.74, 6) is -0.685. The Labute approximate surface area is 114 Å². The van der Waals surface area contributed by atoms with Crippen molar-refractivity contribution in [2.45, 2.75) is 58.3 Å². The van der Waals surface area contributed by atoms with Crippen molar-refractivity contribution in [3.63, 3.8) is 0 Å². The van der Waals surface area contributed by atoms with Gasteiger partial charge in [0.25, 0.3) is 0 Å². The van der Waals surface area contributed by atoms with Crippen LogP contribution in [0.1, 0.15) is 57.4 Å². The molecule has 19 heavy (non-hydrogen) atoms. The van der Waals surface area contributed by atoms with E-state index in [2.05, 4.69) is 0 Å². The van der Waals surface area contributed by atoms with Crippen LogP contribution in [0.3, 0.4) is 0 Å². The highest BCUT2D eigenvalue weighted by atomic mass is 19.1.